The van der Waals surface area contributed by atoms with Crippen molar-refractivity contribution in [1.82, 2.24) is 34.2 Å². The second kappa shape index (κ2) is 8.97. The van der Waals surface area contributed by atoms with Gasteiger partial charge in [0.1, 0.15) is 0 Å². The van der Waals surface area contributed by atoms with Gasteiger partial charge in [-0.05, 0) is 18.2 Å². The maximum absolute atomic E-state index is 13.8. The number of amides is 1. The van der Waals surface area contributed by atoms with E-state index in [4.69, 9.17) is 11.6 Å². The molecular weight excluding hydrogens is 483 g/mol. The van der Waals surface area contributed by atoms with Crippen molar-refractivity contribution >= 4 is 23.2 Å². The molecule has 0 spiro atoms. The number of aryl methyl sites for hydroxylation is 1. The van der Waals surface area contributed by atoms with Crippen LogP contribution in [0.15, 0.2) is 48.8 Å². The molecule has 0 radical (unpaired) electrons. The Bertz CT molecular complexity index is 1370. The predicted octanol–water partition coefficient (Wildman–Crippen LogP) is 3.76. The van der Waals surface area contributed by atoms with Crippen molar-refractivity contribution < 1.29 is 18.0 Å². The van der Waals surface area contributed by atoms with Crippen LogP contribution in [-0.2, 0) is 19.8 Å². The van der Waals surface area contributed by atoms with Crippen molar-refractivity contribution in [3.63, 3.8) is 0 Å². The highest BCUT2D eigenvalue weighted by Gasteiger charge is 2.36. The van der Waals surface area contributed by atoms with Gasteiger partial charge in [0, 0.05) is 68.2 Å². The molecule has 35 heavy (non-hydrogen) atoms. The summed E-state index contributed by atoms with van der Waals surface area (Å²) in [6.07, 6.45) is -0.942. The highest BCUT2D eigenvalue weighted by molar-refractivity contribution is 6.30. The van der Waals surface area contributed by atoms with Crippen LogP contribution in [0.4, 0.5) is 13.2 Å². The van der Waals surface area contributed by atoms with Crippen LogP contribution < -0.4 is 0 Å². The first-order chi connectivity index (χ1) is 16.7. The number of halogens is 4. The molecule has 0 bridgehead atoms. The zero-order valence-electron chi connectivity index (χ0n) is 18.7. The highest BCUT2D eigenvalue weighted by Crippen LogP contribution is 2.32. The first-order valence-corrected chi connectivity index (χ1v) is 11.3. The van der Waals surface area contributed by atoms with E-state index in [9.17, 15) is 18.0 Å². The Balaban J connectivity index is 1.38. The summed E-state index contributed by atoms with van der Waals surface area (Å²) in [5.41, 5.74) is 0.536. The molecule has 1 fully saturated rings. The van der Waals surface area contributed by atoms with Crippen LogP contribution in [0.1, 0.15) is 21.7 Å². The first kappa shape index (κ1) is 23.3. The van der Waals surface area contributed by atoms with Gasteiger partial charge in [0.05, 0.1) is 11.9 Å². The Hall–Kier alpha value is -3.44. The van der Waals surface area contributed by atoms with Crippen molar-refractivity contribution in [2.24, 2.45) is 7.05 Å². The van der Waals surface area contributed by atoms with Crippen molar-refractivity contribution in [2.45, 2.75) is 12.7 Å². The number of carbonyl (C=O) groups excluding carboxylic acids is 1. The fourth-order valence-electron chi connectivity index (χ4n) is 4.13. The lowest BCUT2D eigenvalue weighted by molar-refractivity contribution is -0.142. The van der Waals surface area contributed by atoms with Crippen LogP contribution in [-0.4, -0.2) is 66.3 Å². The van der Waals surface area contributed by atoms with Crippen LogP contribution in [0.3, 0.4) is 0 Å². The molecule has 1 aliphatic heterocycles. The SMILES string of the molecule is Cn1cc(CN2CCN(C(=O)c3cc4nc(-c5ccc(Cl)cc5)cc(C(F)(F)F)n4n3)CC2)cn1. The highest BCUT2D eigenvalue weighted by atomic mass is 35.5. The summed E-state index contributed by atoms with van der Waals surface area (Å²) in [6, 6.07) is 8.57. The summed E-state index contributed by atoms with van der Waals surface area (Å²) < 4.78 is 44.0. The molecule has 1 amide bonds. The van der Waals surface area contributed by atoms with Gasteiger partial charge in [0.15, 0.2) is 17.0 Å². The van der Waals surface area contributed by atoms with Gasteiger partial charge < -0.3 is 4.90 Å². The summed E-state index contributed by atoms with van der Waals surface area (Å²) >= 11 is 5.90. The molecule has 4 heterocycles. The van der Waals surface area contributed by atoms with Crippen LogP contribution in [0.25, 0.3) is 16.9 Å². The summed E-state index contributed by atoms with van der Waals surface area (Å²) in [5.74, 6) is -0.419. The maximum atomic E-state index is 13.8. The minimum absolute atomic E-state index is 0.0525. The molecule has 1 aromatic carbocycles. The van der Waals surface area contributed by atoms with E-state index in [-0.39, 0.29) is 17.0 Å². The fraction of sp³-hybridized carbons (Fsp3) is 0.304. The first-order valence-electron chi connectivity index (χ1n) is 10.9. The molecule has 3 aromatic heterocycles. The number of fused-ring (bicyclic) bond motifs is 1. The van der Waals surface area contributed by atoms with Gasteiger partial charge >= 0.3 is 6.18 Å². The number of benzene rings is 1. The normalized spacial score (nSPS) is 15.2. The molecule has 1 saturated heterocycles. The monoisotopic (exact) mass is 503 g/mol. The molecule has 5 rings (SSSR count). The second-order valence-electron chi connectivity index (χ2n) is 8.42. The van der Waals surface area contributed by atoms with Gasteiger partial charge in [0.25, 0.3) is 5.91 Å². The summed E-state index contributed by atoms with van der Waals surface area (Å²) in [4.78, 5) is 21.2. The molecular formula is C23H21ClF3N7O. The molecule has 182 valence electrons. The van der Waals surface area contributed by atoms with Gasteiger partial charge in [-0.2, -0.15) is 23.4 Å². The zero-order valence-corrected chi connectivity index (χ0v) is 19.5. The molecule has 1 aliphatic rings. The second-order valence-corrected chi connectivity index (χ2v) is 8.86. The Morgan fingerprint density at radius 2 is 1.80 bits per heavy atom. The standard InChI is InChI=1S/C23H21ClF3N7O/c1-31-13-15(12-28-31)14-32-6-8-33(9-7-32)22(35)19-11-21-29-18(16-2-4-17(24)5-3-16)10-20(23(25,26)27)34(21)30-19/h2-5,10-13H,6-9,14H2,1H3. The van der Waals surface area contributed by atoms with E-state index in [1.165, 1.54) is 6.07 Å². The van der Waals surface area contributed by atoms with Gasteiger partial charge in [0.2, 0.25) is 0 Å². The van der Waals surface area contributed by atoms with E-state index in [1.54, 1.807) is 40.0 Å². The number of alkyl halides is 3. The Morgan fingerprint density at radius 1 is 1.09 bits per heavy atom. The zero-order chi connectivity index (χ0) is 24.7. The molecule has 4 aromatic rings. The molecule has 12 heteroatoms. The van der Waals surface area contributed by atoms with Crippen molar-refractivity contribution in [2.75, 3.05) is 26.2 Å². The fourth-order valence-corrected chi connectivity index (χ4v) is 4.26. The molecule has 0 N–H and O–H groups in total. The van der Waals surface area contributed by atoms with Crippen molar-refractivity contribution in [3.8, 4) is 11.3 Å². The van der Waals surface area contributed by atoms with Crippen molar-refractivity contribution in [1.29, 1.82) is 0 Å². The minimum atomic E-state index is -4.69. The van der Waals surface area contributed by atoms with E-state index < -0.39 is 17.8 Å². The van der Waals surface area contributed by atoms with E-state index in [2.05, 4.69) is 20.1 Å². The molecule has 0 unspecified atom stereocenters. The number of rotatable bonds is 4. The van der Waals surface area contributed by atoms with E-state index >= 15 is 0 Å². The van der Waals surface area contributed by atoms with Gasteiger partial charge in [-0.25, -0.2) is 9.50 Å². The van der Waals surface area contributed by atoms with Gasteiger partial charge in [-0.1, -0.05) is 23.7 Å². The van der Waals surface area contributed by atoms with Crippen LogP contribution in [0.5, 0.6) is 0 Å². The predicted molar refractivity (Wildman–Crippen MR) is 123 cm³/mol. The van der Waals surface area contributed by atoms with Gasteiger partial charge in [-0.15, -0.1) is 0 Å². The number of carbonyl (C=O) groups is 1. The Labute approximate surface area is 203 Å². The number of hydrogen-bond acceptors (Lipinski definition) is 5. The maximum Gasteiger partial charge on any atom is 0.433 e. The Kier molecular flexibility index (Phi) is 5.97. The minimum Gasteiger partial charge on any atom is -0.335 e. The van der Waals surface area contributed by atoms with Crippen molar-refractivity contribution in [3.05, 3.63) is 70.8 Å². The summed E-state index contributed by atoms with van der Waals surface area (Å²) in [7, 11) is 1.85. The van der Waals surface area contributed by atoms with Gasteiger partial charge in [-0.3, -0.25) is 14.4 Å². The van der Waals surface area contributed by atoms with E-state index in [0.717, 1.165) is 18.2 Å². The largest absolute Gasteiger partial charge is 0.433 e. The quantitative estimate of drug-likeness (QED) is 0.424. The van der Waals surface area contributed by atoms with E-state index in [1.807, 2.05) is 13.2 Å². The lowest BCUT2D eigenvalue weighted by Gasteiger charge is -2.34. The Morgan fingerprint density at radius 3 is 2.43 bits per heavy atom. The average molecular weight is 504 g/mol. The summed E-state index contributed by atoms with van der Waals surface area (Å²) in [6.45, 7) is 2.89. The van der Waals surface area contributed by atoms with Crippen LogP contribution in [0, 0.1) is 0 Å². The average Bonchev–Trinajstić information content (AvgIpc) is 3.44. The van der Waals surface area contributed by atoms with Crippen LogP contribution in [0.2, 0.25) is 5.02 Å². The lowest BCUT2D eigenvalue weighted by atomic mass is 10.1. The third-order valence-electron chi connectivity index (χ3n) is 5.90. The topological polar surface area (TPSA) is 71.6 Å². The number of aromatic nitrogens is 5. The molecule has 8 nitrogen and oxygen atoms in total. The third-order valence-corrected chi connectivity index (χ3v) is 6.15. The van der Waals surface area contributed by atoms with Crippen LogP contribution >= 0.6 is 11.6 Å². The number of piperazine rings is 1. The smallest absolute Gasteiger partial charge is 0.335 e. The third kappa shape index (κ3) is 4.87. The number of nitrogens with zero attached hydrogens (tertiary/aromatic N) is 7. The molecule has 0 saturated carbocycles. The lowest BCUT2D eigenvalue weighted by Crippen LogP contribution is -2.48. The summed E-state index contributed by atoms with van der Waals surface area (Å²) in [5, 5.41) is 8.61. The van der Waals surface area contributed by atoms with E-state index in [0.29, 0.717) is 41.3 Å². The number of hydrogen-bond donors (Lipinski definition) is 0. The molecule has 0 aliphatic carbocycles. The molecule has 0 atom stereocenters.